The van der Waals surface area contributed by atoms with Crippen LogP contribution in [-0.4, -0.2) is 24.7 Å². The number of hydrogen-bond donors (Lipinski definition) is 2. The summed E-state index contributed by atoms with van der Waals surface area (Å²) in [5.74, 6) is -0.0826. The third-order valence-corrected chi connectivity index (χ3v) is 3.87. The first-order valence-electron chi connectivity index (χ1n) is 5.88. The minimum Gasteiger partial charge on any atom is -0.465 e. The maximum atomic E-state index is 11.8. The van der Waals surface area contributed by atoms with E-state index in [2.05, 4.69) is 6.92 Å². The molecule has 0 aliphatic carbocycles. The summed E-state index contributed by atoms with van der Waals surface area (Å²) in [7, 11) is 0. The summed E-state index contributed by atoms with van der Waals surface area (Å²) >= 11 is 0. The van der Waals surface area contributed by atoms with Crippen molar-refractivity contribution in [2.45, 2.75) is 46.6 Å². The van der Waals surface area contributed by atoms with E-state index in [1.807, 2.05) is 13.8 Å². The normalized spacial score (nSPS) is 17.7. The van der Waals surface area contributed by atoms with Crippen molar-refractivity contribution in [2.24, 2.45) is 22.8 Å². The first-order valence-corrected chi connectivity index (χ1v) is 5.88. The van der Waals surface area contributed by atoms with Crippen LogP contribution in [-0.2, 0) is 9.53 Å². The summed E-state index contributed by atoms with van der Waals surface area (Å²) in [4.78, 5) is 11.8. The lowest BCUT2D eigenvalue weighted by Crippen LogP contribution is -2.59. The van der Waals surface area contributed by atoms with Crippen molar-refractivity contribution < 1.29 is 9.53 Å². The van der Waals surface area contributed by atoms with Crippen LogP contribution in [0, 0.1) is 11.3 Å². The second kappa shape index (κ2) is 5.64. The van der Waals surface area contributed by atoms with E-state index < -0.39 is 5.54 Å². The van der Waals surface area contributed by atoms with Gasteiger partial charge in [-0.3, -0.25) is 4.79 Å². The Morgan fingerprint density at radius 2 is 1.88 bits per heavy atom. The van der Waals surface area contributed by atoms with Crippen LogP contribution in [0.2, 0.25) is 0 Å². The topological polar surface area (TPSA) is 78.3 Å². The van der Waals surface area contributed by atoms with Crippen LogP contribution in [0.1, 0.15) is 41.0 Å². The summed E-state index contributed by atoms with van der Waals surface area (Å²) in [6, 6.07) is 0. The zero-order valence-corrected chi connectivity index (χ0v) is 11.2. The summed E-state index contributed by atoms with van der Waals surface area (Å²) in [6.45, 7) is 10.5. The largest absolute Gasteiger partial charge is 0.465 e. The fourth-order valence-corrected chi connectivity index (χ4v) is 1.67. The second-order valence-corrected chi connectivity index (χ2v) is 5.12. The van der Waals surface area contributed by atoms with Crippen molar-refractivity contribution in [1.29, 1.82) is 0 Å². The van der Waals surface area contributed by atoms with Gasteiger partial charge in [0.2, 0.25) is 0 Å². The molecule has 0 aromatic carbocycles. The molecule has 0 aliphatic rings. The Morgan fingerprint density at radius 1 is 1.38 bits per heavy atom. The third-order valence-electron chi connectivity index (χ3n) is 3.87. The van der Waals surface area contributed by atoms with Crippen molar-refractivity contribution in [3.63, 3.8) is 0 Å². The number of carbonyl (C=O) groups is 1. The zero-order chi connectivity index (χ0) is 13.0. The minimum absolute atomic E-state index is 0.261. The van der Waals surface area contributed by atoms with Gasteiger partial charge in [-0.2, -0.15) is 0 Å². The van der Waals surface area contributed by atoms with Crippen molar-refractivity contribution in [3.8, 4) is 0 Å². The van der Waals surface area contributed by atoms with Gasteiger partial charge in [0.05, 0.1) is 6.61 Å². The van der Waals surface area contributed by atoms with E-state index in [0.29, 0.717) is 13.2 Å². The van der Waals surface area contributed by atoms with Gasteiger partial charge in [-0.25, -0.2) is 0 Å². The van der Waals surface area contributed by atoms with Crippen LogP contribution in [0.25, 0.3) is 0 Å². The summed E-state index contributed by atoms with van der Waals surface area (Å²) in [6.07, 6.45) is 0.846. The van der Waals surface area contributed by atoms with Crippen LogP contribution in [0.5, 0.6) is 0 Å². The van der Waals surface area contributed by atoms with Crippen LogP contribution < -0.4 is 11.5 Å². The number of hydrogen-bond acceptors (Lipinski definition) is 4. The van der Waals surface area contributed by atoms with E-state index in [4.69, 9.17) is 16.2 Å². The maximum absolute atomic E-state index is 11.8. The summed E-state index contributed by atoms with van der Waals surface area (Å²) in [5.41, 5.74) is 10.4. The molecule has 0 radical (unpaired) electrons. The Kier molecular flexibility index (Phi) is 5.42. The molecule has 0 spiro atoms. The first kappa shape index (κ1) is 15.4. The molecule has 0 heterocycles. The molecule has 0 aromatic rings. The van der Waals surface area contributed by atoms with E-state index >= 15 is 0 Å². The second-order valence-electron chi connectivity index (χ2n) is 5.12. The van der Waals surface area contributed by atoms with Crippen LogP contribution in [0.4, 0.5) is 0 Å². The number of nitrogens with two attached hydrogens (primary N) is 2. The molecule has 4 heteroatoms. The molecule has 2 atom stereocenters. The highest BCUT2D eigenvalue weighted by atomic mass is 16.5. The van der Waals surface area contributed by atoms with E-state index in [1.165, 1.54) is 0 Å². The van der Waals surface area contributed by atoms with Gasteiger partial charge in [0.15, 0.2) is 0 Å². The molecule has 0 saturated heterocycles. The van der Waals surface area contributed by atoms with Crippen LogP contribution >= 0.6 is 0 Å². The monoisotopic (exact) mass is 230 g/mol. The average molecular weight is 230 g/mol. The van der Waals surface area contributed by atoms with Gasteiger partial charge in [-0.05, 0) is 38.1 Å². The fourth-order valence-electron chi connectivity index (χ4n) is 1.67. The SMILES string of the molecule is CCOC(=O)C(C)(N)C(C)(C)C(C)CCN. The Balaban J connectivity index is 4.88. The quantitative estimate of drug-likeness (QED) is 0.674. The molecule has 0 fully saturated rings. The molecule has 2 unspecified atom stereocenters. The van der Waals surface area contributed by atoms with E-state index in [0.717, 1.165) is 6.42 Å². The molecule has 4 nitrogen and oxygen atoms in total. The fraction of sp³-hybridized carbons (Fsp3) is 0.917. The molecule has 0 saturated carbocycles. The Morgan fingerprint density at radius 3 is 2.25 bits per heavy atom. The van der Waals surface area contributed by atoms with Gasteiger partial charge in [0.1, 0.15) is 5.54 Å². The zero-order valence-electron chi connectivity index (χ0n) is 11.2. The van der Waals surface area contributed by atoms with Gasteiger partial charge >= 0.3 is 5.97 Å². The van der Waals surface area contributed by atoms with Crippen LogP contribution in [0.3, 0.4) is 0 Å². The Bertz CT molecular complexity index is 237. The van der Waals surface area contributed by atoms with Crippen molar-refractivity contribution in [2.75, 3.05) is 13.2 Å². The highest BCUT2D eigenvalue weighted by Crippen LogP contribution is 2.38. The lowest BCUT2D eigenvalue weighted by molar-refractivity contribution is -0.155. The van der Waals surface area contributed by atoms with Gasteiger partial charge in [-0.15, -0.1) is 0 Å². The molecule has 16 heavy (non-hydrogen) atoms. The average Bonchev–Trinajstić information content (AvgIpc) is 2.18. The highest BCUT2D eigenvalue weighted by molar-refractivity contribution is 5.81. The minimum atomic E-state index is -0.988. The molecule has 4 N–H and O–H groups in total. The molecule has 96 valence electrons. The number of esters is 1. The number of carbonyl (C=O) groups excluding carboxylic acids is 1. The van der Waals surface area contributed by atoms with E-state index in [-0.39, 0.29) is 17.3 Å². The van der Waals surface area contributed by atoms with Gasteiger partial charge in [0.25, 0.3) is 0 Å². The molecule has 0 aliphatic heterocycles. The van der Waals surface area contributed by atoms with Gasteiger partial charge < -0.3 is 16.2 Å². The predicted octanol–water partition coefficient (Wildman–Crippen LogP) is 1.28. The number of ether oxygens (including phenoxy) is 1. The first-order chi connectivity index (χ1) is 7.21. The standard InChI is InChI=1S/C12H26N2O2/c1-6-16-10(15)12(5,14)11(3,4)9(2)7-8-13/h9H,6-8,13-14H2,1-5H3. The molecular weight excluding hydrogens is 204 g/mol. The van der Waals surface area contributed by atoms with Crippen molar-refractivity contribution >= 4 is 5.97 Å². The summed E-state index contributed by atoms with van der Waals surface area (Å²) < 4.78 is 5.03. The van der Waals surface area contributed by atoms with E-state index in [1.54, 1.807) is 13.8 Å². The lowest BCUT2D eigenvalue weighted by atomic mass is 9.65. The van der Waals surface area contributed by atoms with Gasteiger partial charge in [-0.1, -0.05) is 20.8 Å². The van der Waals surface area contributed by atoms with Crippen molar-refractivity contribution in [3.05, 3.63) is 0 Å². The van der Waals surface area contributed by atoms with Crippen molar-refractivity contribution in [1.82, 2.24) is 0 Å². The maximum Gasteiger partial charge on any atom is 0.326 e. The molecule has 0 aromatic heterocycles. The summed E-state index contributed by atoms with van der Waals surface area (Å²) in [5, 5.41) is 0. The lowest BCUT2D eigenvalue weighted by Gasteiger charge is -2.43. The van der Waals surface area contributed by atoms with Crippen LogP contribution in [0.15, 0.2) is 0 Å². The smallest absolute Gasteiger partial charge is 0.326 e. The number of rotatable bonds is 6. The predicted molar refractivity (Wildman–Crippen MR) is 65.8 cm³/mol. The van der Waals surface area contributed by atoms with Gasteiger partial charge in [0, 0.05) is 0 Å². The molecule has 0 amide bonds. The molecular formula is C12H26N2O2. The molecule has 0 rings (SSSR count). The Hall–Kier alpha value is -0.610. The Labute approximate surface area is 98.7 Å². The molecule has 0 bridgehead atoms. The highest BCUT2D eigenvalue weighted by Gasteiger charge is 2.47. The third kappa shape index (κ3) is 2.95. The van der Waals surface area contributed by atoms with E-state index in [9.17, 15) is 4.79 Å².